The van der Waals surface area contributed by atoms with Gasteiger partial charge in [-0.2, -0.15) is 4.98 Å². The quantitative estimate of drug-likeness (QED) is 0.272. The van der Waals surface area contributed by atoms with Gasteiger partial charge in [0.05, 0.1) is 18.3 Å². The van der Waals surface area contributed by atoms with Gasteiger partial charge in [-0.1, -0.05) is 25.7 Å². The first-order chi connectivity index (χ1) is 15.2. The van der Waals surface area contributed by atoms with Crippen LogP contribution in [0.1, 0.15) is 58.7 Å². The van der Waals surface area contributed by atoms with Gasteiger partial charge in [0, 0.05) is 20.0 Å². The van der Waals surface area contributed by atoms with E-state index in [2.05, 4.69) is 16.2 Å². The molecule has 32 heavy (non-hydrogen) atoms. The van der Waals surface area contributed by atoms with Crippen LogP contribution in [0.3, 0.4) is 0 Å². The maximum atomic E-state index is 12.7. The fourth-order valence-corrected chi connectivity index (χ4v) is 3.20. The minimum Gasteiger partial charge on any atom is -0.456 e. The molecular formula is C21H27N3O8. The smallest absolute Gasteiger partial charge is 0.412 e. The van der Waals surface area contributed by atoms with Crippen LogP contribution in [0.2, 0.25) is 0 Å². The normalized spacial score (nSPS) is 22.0. The summed E-state index contributed by atoms with van der Waals surface area (Å²) in [4.78, 5) is 51.6. The molecule has 1 N–H and O–H groups in total. The molecule has 0 saturated carbocycles. The summed E-state index contributed by atoms with van der Waals surface area (Å²) in [5.41, 5.74) is -0.757. The van der Waals surface area contributed by atoms with Gasteiger partial charge >= 0.3 is 23.7 Å². The first kappa shape index (κ1) is 24.9. The molecule has 1 aliphatic rings. The average molecular weight is 449 g/mol. The van der Waals surface area contributed by atoms with Gasteiger partial charge < -0.3 is 18.9 Å². The van der Waals surface area contributed by atoms with E-state index in [1.807, 2.05) is 6.92 Å². The van der Waals surface area contributed by atoms with Crippen LogP contribution in [0, 0.1) is 12.3 Å². The fourth-order valence-electron chi connectivity index (χ4n) is 3.20. The molecule has 0 aliphatic carbocycles. The summed E-state index contributed by atoms with van der Waals surface area (Å²) < 4.78 is 22.3. The number of unbranched alkanes of at least 4 members (excludes halogenated alkanes) is 2. The van der Waals surface area contributed by atoms with Crippen LogP contribution in [0.5, 0.6) is 0 Å². The van der Waals surface area contributed by atoms with Crippen molar-refractivity contribution in [2.45, 2.75) is 71.5 Å². The monoisotopic (exact) mass is 449 g/mol. The molecule has 4 atom stereocenters. The molecule has 174 valence electrons. The van der Waals surface area contributed by atoms with E-state index in [1.165, 1.54) is 20.0 Å². The number of hydrogen-bond donors (Lipinski definition) is 1. The lowest BCUT2D eigenvalue weighted by Gasteiger charge is -2.23. The summed E-state index contributed by atoms with van der Waals surface area (Å²) in [6.45, 7) is 6.23. The summed E-state index contributed by atoms with van der Waals surface area (Å²) >= 11 is 0. The van der Waals surface area contributed by atoms with Crippen LogP contribution in [-0.4, -0.2) is 52.5 Å². The maximum absolute atomic E-state index is 12.7. The summed E-state index contributed by atoms with van der Waals surface area (Å²) in [5.74, 6) is 0.928. The number of carbonyl (C=O) groups is 3. The van der Waals surface area contributed by atoms with Crippen molar-refractivity contribution in [2.75, 3.05) is 11.9 Å². The van der Waals surface area contributed by atoms with Crippen molar-refractivity contribution in [3.05, 3.63) is 22.2 Å². The zero-order valence-electron chi connectivity index (χ0n) is 18.5. The van der Waals surface area contributed by atoms with Crippen LogP contribution >= 0.6 is 0 Å². The molecule has 2 rings (SSSR count). The summed E-state index contributed by atoms with van der Waals surface area (Å²) in [7, 11) is 0. The number of carbonyl (C=O) groups excluding carboxylic acids is 3. The molecule has 1 saturated heterocycles. The minimum absolute atomic E-state index is 0.0730. The van der Waals surface area contributed by atoms with Gasteiger partial charge in [-0.15, -0.1) is 6.42 Å². The van der Waals surface area contributed by atoms with E-state index in [0.29, 0.717) is 6.42 Å². The van der Waals surface area contributed by atoms with Crippen molar-refractivity contribution in [1.82, 2.24) is 9.55 Å². The highest BCUT2D eigenvalue weighted by Crippen LogP contribution is 2.33. The average Bonchev–Trinajstić information content (AvgIpc) is 3.00. The molecule has 1 aromatic rings. The Bertz CT molecular complexity index is 951. The zero-order valence-corrected chi connectivity index (χ0v) is 18.5. The number of rotatable bonds is 8. The number of nitrogens with zero attached hydrogens (tertiary/aromatic N) is 2. The van der Waals surface area contributed by atoms with E-state index in [0.717, 1.165) is 17.4 Å². The van der Waals surface area contributed by atoms with Crippen molar-refractivity contribution in [3.8, 4) is 12.3 Å². The van der Waals surface area contributed by atoms with E-state index in [9.17, 15) is 19.2 Å². The molecule has 11 heteroatoms. The second kappa shape index (κ2) is 11.3. The van der Waals surface area contributed by atoms with Crippen molar-refractivity contribution in [3.63, 3.8) is 0 Å². The van der Waals surface area contributed by atoms with Gasteiger partial charge in [0.25, 0.3) is 0 Å². The Morgan fingerprint density at radius 2 is 1.88 bits per heavy atom. The third-order valence-electron chi connectivity index (χ3n) is 4.61. The molecule has 1 aliphatic heterocycles. The molecule has 0 spiro atoms. The summed E-state index contributed by atoms with van der Waals surface area (Å²) in [6, 6.07) is 0. The molecule has 0 aromatic carbocycles. The standard InChI is InChI=1S/C21H27N3O8/c1-6-8-9-10-29-21(28)23-18-15(7-2)11-24(20(27)22-18)19-17(32-14(5)26)16(12(3)30-19)31-13(4)25/h2,11-12,16-17,19H,6,8-10H2,1,3-5H3,(H,22,23,27,28)/t12-,16-,17-,19-/m1/s1. The van der Waals surface area contributed by atoms with E-state index in [4.69, 9.17) is 25.4 Å². The Morgan fingerprint density at radius 3 is 2.47 bits per heavy atom. The number of aromatic nitrogens is 2. The van der Waals surface area contributed by atoms with Crippen molar-refractivity contribution >= 4 is 23.8 Å². The fraction of sp³-hybridized carbons (Fsp3) is 0.571. The van der Waals surface area contributed by atoms with Crippen LogP contribution in [0.4, 0.5) is 10.6 Å². The lowest BCUT2D eigenvalue weighted by molar-refractivity contribution is -0.165. The topological polar surface area (TPSA) is 135 Å². The summed E-state index contributed by atoms with van der Waals surface area (Å²) in [5, 5.41) is 2.36. The number of amides is 1. The molecule has 0 radical (unpaired) electrons. The van der Waals surface area contributed by atoms with Gasteiger partial charge in [-0.05, 0) is 13.3 Å². The van der Waals surface area contributed by atoms with Crippen LogP contribution in [0.15, 0.2) is 11.0 Å². The Labute approximate surface area is 185 Å². The first-order valence-electron chi connectivity index (χ1n) is 10.2. The highest BCUT2D eigenvalue weighted by molar-refractivity contribution is 5.84. The maximum Gasteiger partial charge on any atom is 0.412 e. The SMILES string of the molecule is C#Cc1cn([C@@H]2O[C@H](C)[C@@H](OC(C)=O)[C@H]2OC(C)=O)c(=O)nc1NC(=O)OCCCCC. The Hall–Kier alpha value is -3.39. The van der Waals surface area contributed by atoms with Crippen LogP contribution in [0.25, 0.3) is 0 Å². The second-order valence-corrected chi connectivity index (χ2v) is 7.19. The third-order valence-corrected chi connectivity index (χ3v) is 4.61. The van der Waals surface area contributed by atoms with Crippen LogP contribution < -0.4 is 11.0 Å². The number of esters is 2. The molecule has 1 aromatic heterocycles. The minimum atomic E-state index is -1.15. The molecule has 0 bridgehead atoms. The van der Waals surface area contributed by atoms with Gasteiger partial charge in [0.2, 0.25) is 0 Å². The van der Waals surface area contributed by atoms with E-state index in [1.54, 1.807) is 6.92 Å². The lowest BCUT2D eigenvalue weighted by atomic mass is 10.1. The predicted octanol–water partition coefficient (Wildman–Crippen LogP) is 1.74. The Kier molecular flexibility index (Phi) is 8.78. The predicted molar refractivity (Wildman–Crippen MR) is 112 cm³/mol. The third kappa shape index (κ3) is 6.31. The van der Waals surface area contributed by atoms with Gasteiger partial charge in [-0.25, -0.2) is 9.59 Å². The molecule has 2 heterocycles. The number of nitrogens with one attached hydrogen (secondary N) is 1. The number of anilines is 1. The Morgan fingerprint density at radius 1 is 1.22 bits per heavy atom. The first-order valence-corrected chi connectivity index (χ1v) is 10.2. The highest BCUT2D eigenvalue weighted by atomic mass is 16.6. The van der Waals surface area contributed by atoms with Crippen molar-refractivity contribution < 1.29 is 33.3 Å². The molecular weight excluding hydrogens is 422 g/mol. The van der Waals surface area contributed by atoms with E-state index < -0.39 is 48.3 Å². The zero-order chi connectivity index (χ0) is 23.8. The largest absolute Gasteiger partial charge is 0.456 e. The lowest BCUT2D eigenvalue weighted by Crippen LogP contribution is -2.40. The van der Waals surface area contributed by atoms with Gasteiger partial charge in [0.15, 0.2) is 24.3 Å². The molecule has 1 amide bonds. The molecule has 11 nitrogen and oxygen atoms in total. The molecule has 0 unspecified atom stereocenters. The van der Waals surface area contributed by atoms with Gasteiger partial charge in [0.1, 0.15) is 0 Å². The van der Waals surface area contributed by atoms with Crippen LogP contribution in [-0.2, 0) is 28.5 Å². The van der Waals surface area contributed by atoms with Crippen molar-refractivity contribution in [2.24, 2.45) is 0 Å². The Balaban J connectivity index is 2.30. The van der Waals surface area contributed by atoms with E-state index in [-0.39, 0.29) is 18.0 Å². The number of terminal acetylenes is 1. The van der Waals surface area contributed by atoms with Gasteiger partial charge in [-0.3, -0.25) is 19.5 Å². The second-order valence-electron chi connectivity index (χ2n) is 7.19. The number of hydrogen-bond acceptors (Lipinski definition) is 9. The van der Waals surface area contributed by atoms with Crippen molar-refractivity contribution in [1.29, 1.82) is 0 Å². The van der Waals surface area contributed by atoms with E-state index >= 15 is 0 Å². The molecule has 1 fully saturated rings. The number of ether oxygens (including phenoxy) is 4. The summed E-state index contributed by atoms with van der Waals surface area (Å²) in [6.07, 6.45) is 4.67. The highest BCUT2D eigenvalue weighted by Gasteiger charge is 2.48.